The van der Waals surface area contributed by atoms with Gasteiger partial charge in [-0.2, -0.15) is 11.8 Å². The molecule has 0 aromatic heterocycles. The maximum Gasteiger partial charge on any atom is 0.238 e. The molecule has 0 aliphatic rings. The lowest BCUT2D eigenvalue weighted by Gasteiger charge is -1.94. The molecule has 0 rings (SSSR count). The summed E-state index contributed by atoms with van der Waals surface area (Å²) in [5.41, 5.74) is 0. The molecule has 0 aliphatic heterocycles. The SMILES string of the molecule is CSCCCC(F)F. The second kappa shape index (κ2) is 5.35. The maximum absolute atomic E-state index is 11.3. The van der Waals surface area contributed by atoms with Crippen LogP contribution in [-0.4, -0.2) is 18.4 Å². The molecule has 0 atom stereocenters. The summed E-state index contributed by atoms with van der Waals surface area (Å²) in [6.45, 7) is 0. The lowest BCUT2D eigenvalue weighted by atomic mass is 10.4. The Bertz CT molecular complexity index is 47.7. The third-order valence-corrected chi connectivity index (χ3v) is 1.47. The van der Waals surface area contributed by atoms with Crippen LogP contribution in [0, 0.1) is 0 Å². The van der Waals surface area contributed by atoms with Gasteiger partial charge in [-0.1, -0.05) is 0 Å². The standard InChI is InChI=1S/C5H10F2S/c1-8-4-2-3-5(6)7/h5H,2-4H2,1H3. The predicted octanol–water partition coefficient (Wildman–Crippen LogP) is 2.39. The smallest absolute Gasteiger partial charge is 0.211 e. The van der Waals surface area contributed by atoms with E-state index in [1.807, 2.05) is 6.26 Å². The van der Waals surface area contributed by atoms with Gasteiger partial charge in [0.1, 0.15) is 0 Å². The first-order valence-electron chi connectivity index (χ1n) is 2.54. The van der Waals surface area contributed by atoms with Gasteiger partial charge in [-0.05, 0) is 18.4 Å². The number of halogens is 2. The minimum Gasteiger partial charge on any atom is -0.211 e. The van der Waals surface area contributed by atoms with E-state index in [1.54, 1.807) is 11.8 Å². The van der Waals surface area contributed by atoms with Crippen molar-refractivity contribution in [3.63, 3.8) is 0 Å². The number of alkyl halides is 2. The largest absolute Gasteiger partial charge is 0.238 e. The molecule has 0 nitrogen and oxygen atoms in total. The third kappa shape index (κ3) is 6.21. The molecule has 0 saturated carbocycles. The highest BCUT2D eigenvalue weighted by atomic mass is 32.2. The zero-order valence-corrected chi connectivity index (χ0v) is 5.68. The van der Waals surface area contributed by atoms with Gasteiger partial charge in [0.05, 0.1) is 0 Å². The average molecular weight is 140 g/mol. The van der Waals surface area contributed by atoms with E-state index in [-0.39, 0.29) is 6.42 Å². The van der Waals surface area contributed by atoms with Gasteiger partial charge in [-0.3, -0.25) is 0 Å². The average Bonchev–Trinajstić information content (AvgIpc) is 1.66. The molecule has 0 amide bonds. The molecule has 0 aromatic carbocycles. The Morgan fingerprint density at radius 1 is 1.50 bits per heavy atom. The van der Waals surface area contributed by atoms with Crippen molar-refractivity contribution >= 4 is 11.8 Å². The van der Waals surface area contributed by atoms with E-state index in [0.29, 0.717) is 6.42 Å². The van der Waals surface area contributed by atoms with Gasteiger partial charge in [0.25, 0.3) is 0 Å². The number of hydrogen-bond donors (Lipinski definition) is 0. The van der Waals surface area contributed by atoms with Crippen molar-refractivity contribution in [3.8, 4) is 0 Å². The molecule has 0 saturated heterocycles. The molecule has 0 spiro atoms. The van der Waals surface area contributed by atoms with Crippen LogP contribution in [0.3, 0.4) is 0 Å². The molecule has 0 aliphatic carbocycles. The number of rotatable bonds is 4. The molecular formula is C5H10F2S. The highest BCUT2D eigenvalue weighted by Gasteiger charge is 1.99. The van der Waals surface area contributed by atoms with Crippen molar-refractivity contribution in [3.05, 3.63) is 0 Å². The van der Waals surface area contributed by atoms with Crippen LogP contribution >= 0.6 is 11.8 Å². The molecular weight excluding hydrogens is 130 g/mol. The third-order valence-electron chi connectivity index (χ3n) is 0.771. The van der Waals surface area contributed by atoms with Crippen molar-refractivity contribution in [2.24, 2.45) is 0 Å². The Morgan fingerprint density at radius 2 is 2.12 bits per heavy atom. The topological polar surface area (TPSA) is 0 Å². The van der Waals surface area contributed by atoms with Crippen LogP contribution in [0.2, 0.25) is 0 Å². The van der Waals surface area contributed by atoms with Gasteiger partial charge in [0.2, 0.25) is 6.43 Å². The quantitative estimate of drug-likeness (QED) is 0.540. The lowest BCUT2D eigenvalue weighted by molar-refractivity contribution is 0.137. The first kappa shape index (κ1) is 8.21. The molecule has 0 fully saturated rings. The summed E-state index contributed by atoms with van der Waals surface area (Å²) < 4.78 is 22.7. The predicted molar refractivity (Wildman–Crippen MR) is 33.6 cm³/mol. The Labute approximate surface area is 52.7 Å². The van der Waals surface area contributed by atoms with Crippen LogP contribution in [0.1, 0.15) is 12.8 Å². The normalized spacial score (nSPS) is 10.5. The van der Waals surface area contributed by atoms with E-state index in [4.69, 9.17) is 0 Å². The zero-order chi connectivity index (χ0) is 6.41. The van der Waals surface area contributed by atoms with E-state index in [1.165, 1.54) is 0 Å². The van der Waals surface area contributed by atoms with Crippen LogP contribution in [0.4, 0.5) is 8.78 Å². The van der Waals surface area contributed by atoms with Crippen molar-refractivity contribution < 1.29 is 8.78 Å². The van der Waals surface area contributed by atoms with Crippen molar-refractivity contribution in [2.45, 2.75) is 19.3 Å². The molecule has 8 heavy (non-hydrogen) atoms. The van der Waals surface area contributed by atoms with Gasteiger partial charge < -0.3 is 0 Å². The summed E-state index contributed by atoms with van der Waals surface area (Å²) in [7, 11) is 0. The first-order chi connectivity index (χ1) is 3.77. The van der Waals surface area contributed by atoms with Crippen molar-refractivity contribution in [1.29, 1.82) is 0 Å². The molecule has 0 aromatic rings. The summed E-state index contributed by atoms with van der Waals surface area (Å²) in [5.74, 6) is 0.852. The zero-order valence-electron chi connectivity index (χ0n) is 4.86. The van der Waals surface area contributed by atoms with Crippen LogP contribution in [-0.2, 0) is 0 Å². The molecule has 50 valence electrons. The second-order valence-corrected chi connectivity index (χ2v) is 2.51. The van der Waals surface area contributed by atoms with E-state index in [0.717, 1.165) is 5.75 Å². The highest BCUT2D eigenvalue weighted by molar-refractivity contribution is 7.98. The number of thioether (sulfide) groups is 1. The lowest BCUT2D eigenvalue weighted by Crippen LogP contribution is -1.90. The minimum atomic E-state index is -2.11. The highest BCUT2D eigenvalue weighted by Crippen LogP contribution is 2.05. The van der Waals surface area contributed by atoms with Gasteiger partial charge >= 0.3 is 0 Å². The summed E-state index contributed by atoms with van der Waals surface area (Å²) in [6.07, 6.45) is 0.507. The summed E-state index contributed by atoms with van der Waals surface area (Å²) in [6, 6.07) is 0. The first-order valence-corrected chi connectivity index (χ1v) is 3.94. The van der Waals surface area contributed by atoms with E-state index >= 15 is 0 Å². The summed E-state index contributed by atoms with van der Waals surface area (Å²) >= 11 is 1.61. The monoisotopic (exact) mass is 140 g/mol. The molecule has 3 heteroatoms. The summed E-state index contributed by atoms with van der Waals surface area (Å²) in [4.78, 5) is 0. The number of hydrogen-bond acceptors (Lipinski definition) is 1. The van der Waals surface area contributed by atoms with Crippen molar-refractivity contribution in [2.75, 3.05) is 12.0 Å². The van der Waals surface area contributed by atoms with Gasteiger partial charge in [-0.15, -0.1) is 0 Å². The Morgan fingerprint density at radius 3 is 2.50 bits per heavy atom. The Hall–Kier alpha value is 0.210. The van der Waals surface area contributed by atoms with E-state index in [2.05, 4.69) is 0 Å². The van der Waals surface area contributed by atoms with Crippen LogP contribution in [0.5, 0.6) is 0 Å². The van der Waals surface area contributed by atoms with E-state index < -0.39 is 6.43 Å². The van der Waals surface area contributed by atoms with Crippen LogP contribution < -0.4 is 0 Å². The second-order valence-electron chi connectivity index (χ2n) is 1.53. The molecule has 0 heterocycles. The molecule has 0 radical (unpaired) electrons. The maximum atomic E-state index is 11.3. The molecule has 0 N–H and O–H groups in total. The fraction of sp³-hybridized carbons (Fsp3) is 1.00. The Kier molecular flexibility index (Phi) is 5.49. The fourth-order valence-corrected chi connectivity index (χ4v) is 0.837. The van der Waals surface area contributed by atoms with Gasteiger partial charge in [-0.25, -0.2) is 8.78 Å². The Balaban J connectivity index is 2.72. The van der Waals surface area contributed by atoms with Crippen LogP contribution in [0.25, 0.3) is 0 Å². The van der Waals surface area contributed by atoms with E-state index in [9.17, 15) is 8.78 Å². The fourth-order valence-electron chi connectivity index (χ4n) is 0.382. The van der Waals surface area contributed by atoms with Crippen LogP contribution in [0.15, 0.2) is 0 Å². The van der Waals surface area contributed by atoms with Gasteiger partial charge in [0, 0.05) is 6.42 Å². The summed E-state index contributed by atoms with van der Waals surface area (Å²) in [5, 5.41) is 0. The minimum absolute atomic E-state index is 0.0564. The van der Waals surface area contributed by atoms with Gasteiger partial charge in [0.15, 0.2) is 0 Å². The molecule has 0 bridgehead atoms. The van der Waals surface area contributed by atoms with Crippen molar-refractivity contribution in [1.82, 2.24) is 0 Å². The molecule has 0 unspecified atom stereocenters.